The van der Waals surface area contributed by atoms with Gasteiger partial charge in [0, 0.05) is 13.2 Å². The summed E-state index contributed by atoms with van der Waals surface area (Å²) in [6.07, 6.45) is 1.13. The Hall–Kier alpha value is -1.46. The second-order valence-electron chi connectivity index (χ2n) is 5.27. The molecule has 1 saturated heterocycles. The van der Waals surface area contributed by atoms with Crippen molar-refractivity contribution >= 4 is 11.0 Å². The molecule has 1 atom stereocenters. The number of rotatable bonds is 4. The molecule has 4 nitrogen and oxygen atoms in total. The van der Waals surface area contributed by atoms with E-state index < -0.39 is 0 Å². The fourth-order valence-electron chi connectivity index (χ4n) is 2.60. The Morgan fingerprint density at radius 3 is 3.21 bits per heavy atom. The maximum Gasteiger partial charge on any atom is 0.125 e. The van der Waals surface area contributed by atoms with Gasteiger partial charge in [-0.15, -0.1) is 0 Å². The second-order valence-corrected chi connectivity index (χ2v) is 5.27. The van der Waals surface area contributed by atoms with Gasteiger partial charge < -0.3 is 9.72 Å². The first-order valence-corrected chi connectivity index (χ1v) is 6.61. The number of nitrogens with zero attached hydrogens (tertiary/aromatic N) is 2. The first kappa shape index (κ1) is 12.6. The summed E-state index contributed by atoms with van der Waals surface area (Å²) in [5.41, 5.74) is 1.57. The SMILES string of the molecule is CN(Cc1nc2ccc(F)cc2[nH]1)C[C@H]1CCOC1. The molecule has 0 aliphatic carbocycles. The Morgan fingerprint density at radius 1 is 1.53 bits per heavy atom. The molecule has 0 bridgehead atoms. The van der Waals surface area contributed by atoms with Crippen molar-refractivity contribution in [2.45, 2.75) is 13.0 Å². The highest BCUT2D eigenvalue weighted by atomic mass is 19.1. The van der Waals surface area contributed by atoms with E-state index in [1.165, 1.54) is 12.1 Å². The van der Waals surface area contributed by atoms with Crippen molar-refractivity contribution in [2.75, 3.05) is 26.8 Å². The molecule has 1 fully saturated rings. The van der Waals surface area contributed by atoms with Crippen LogP contribution in [0, 0.1) is 11.7 Å². The second kappa shape index (κ2) is 5.27. The first-order chi connectivity index (χ1) is 9.20. The van der Waals surface area contributed by atoms with Crippen molar-refractivity contribution in [3.05, 3.63) is 29.8 Å². The number of halogens is 1. The quantitative estimate of drug-likeness (QED) is 0.919. The van der Waals surface area contributed by atoms with Crippen LogP contribution in [0.3, 0.4) is 0 Å². The van der Waals surface area contributed by atoms with Crippen LogP contribution < -0.4 is 0 Å². The third kappa shape index (κ3) is 2.93. The summed E-state index contributed by atoms with van der Waals surface area (Å²) in [6.45, 7) is 3.48. The number of hydrogen-bond donors (Lipinski definition) is 1. The molecular weight excluding hydrogens is 245 g/mol. The van der Waals surface area contributed by atoms with Gasteiger partial charge in [0.1, 0.15) is 11.6 Å². The summed E-state index contributed by atoms with van der Waals surface area (Å²) in [6, 6.07) is 4.62. The van der Waals surface area contributed by atoms with Crippen LogP contribution in [0.1, 0.15) is 12.2 Å². The summed E-state index contributed by atoms with van der Waals surface area (Å²) in [5.74, 6) is 1.26. The van der Waals surface area contributed by atoms with Crippen molar-refractivity contribution in [3.8, 4) is 0 Å². The average molecular weight is 263 g/mol. The molecular formula is C14H18FN3O. The number of hydrogen-bond acceptors (Lipinski definition) is 3. The lowest BCUT2D eigenvalue weighted by Gasteiger charge is -2.18. The number of ether oxygens (including phenoxy) is 1. The number of imidazole rings is 1. The monoisotopic (exact) mass is 263 g/mol. The number of H-pyrrole nitrogens is 1. The standard InChI is InChI=1S/C14H18FN3O/c1-18(7-10-4-5-19-9-10)8-14-16-12-3-2-11(15)6-13(12)17-14/h2-3,6,10H,4-5,7-9H2,1H3,(H,16,17)/t10-/m1/s1. The summed E-state index contributed by atoms with van der Waals surface area (Å²) in [7, 11) is 2.08. The zero-order valence-electron chi connectivity index (χ0n) is 11.0. The molecule has 0 saturated carbocycles. The highest BCUT2D eigenvalue weighted by Gasteiger charge is 2.18. The van der Waals surface area contributed by atoms with E-state index >= 15 is 0 Å². The maximum atomic E-state index is 13.1. The largest absolute Gasteiger partial charge is 0.381 e. The minimum atomic E-state index is -0.237. The Balaban J connectivity index is 1.66. The van der Waals surface area contributed by atoms with E-state index in [0.717, 1.165) is 49.6 Å². The summed E-state index contributed by atoms with van der Waals surface area (Å²) < 4.78 is 18.5. The van der Waals surface area contributed by atoms with Crippen LogP contribution in [0.2, 0.25) is 0 Å². The third-order valence-electron chi connectivity index (χ3n) is 3.51. The van der Waals surface area contributed by atoms with Crippen molar-refractivity contribution in [3.63, 3.8) is 0 Å². The molecule has 5 heteroatoms. The van der Waals surface area contributed by atoms with Crippen molar-refractivity contribution in [1.82, 2.24) is 14.9 Å². The van der Waals surface area contributed by atoms with Gasteiger partial charge in [0.05, 0.1) is 24.2 Å². The average Bonchev–Trinajstić information content (AvgIpc) is 2.97. The van der Waals surface area contributed by atoms with Crippen LogP contribution in [0.5, 0.6) is 0 Å². The predicted octanol–water partition coefficient (Wildman–Crippen LogP) is 2.17. The van der Waals surface area contributed by atoms with Gasteiger partial charge in [0.25, 0.3) is 0 Å². The van der Waals surface area contributed by atoms with Gasteiger partial charge in [-0.3, -0.25) is 4.90 Å². The summed E-state index contributed by atoms with van der Waals surface area (Å²) in [4.78, 5) is 9.87. The highest BCUT2D eigenvalue weighted by molar-refractivity contribution is 5.74. The molecule has 3 rings (SSSR count). The normalized spacial score (nSPS) is 19.6. The van der Waals surface area contributed by atoms with Crippen LogP contribution in [0.4, 0.5) is 4.39 Å². The van der Waals surface area contributed by atoms with Crippen molar-refractivity contribution < 1.29 is 9.13 Å². The number of aromatic amines is 1. The minimum Gasteiger partial charge on any atom is -0.381 e. The summed E-state index contributed by atoms with van der Waals surface area (Å²) in [5, 5.41) is 0. The lowest BCUT2D eigenvalue weighted by Crippen LogP contribution is -2.26. The number of nitrogens with one attached hydrogen (secondary N) is 1. The molecule has 1 aliphatic rings. The van der Waals surface area contributed by atoms with Crippen LogP contribution in [-0.4, -0.2) is 41.7 Å². The number of fused-ring (bicyclic) bond motifs is 1. The minimum absolute atomic E-state index is 0.237. The van der Waals surface area contributed by atoms with Gasteiger partial charge in [-0.05, 0) is 37.6 Å². The molecule has 1 aliphatic heterocycles. The van der Waals surface area contributed by atoms with E-state index in [0.29, 0.717) is 5.92 Å². The molecule has 2 aromatic rings. The molecule has 0 radical (unpaired) electrons. The van der Waals surface area contributed by atoms with E-state index in [4.69, 9.17) is 4.74 Å². The van der Waals surface area contributed by atoms with Crippen LogP contribution >= 0.6 is 0 Å². The molecule has 2 heterocycles. The molecule has 1 aromatic heterocycles. The van der Waals surface area contributed by atoms with E-state index in [1.807, 2.05) is 0 Å². The van der Waals surface area contributed by atoms with Crippen LogP contribution in [0.15, 0.2) is 18.2 Å². The highest BCUT2D eigenvalue weighted by Crippen LogP contribution is 2.16. The van der Waals surface area contributed by atoms with E-state index in [1.54, 1.807) is 6.07 Å². The van der Waals surface area contributed by atoms with E-state index in [-0.39, 0.29) is 5.82 Å². The number of aromatic nitrogens is 2. The van der Waals surface area contributed by atoms with Gasteiger partial charge in [0.15, 0.2) is 0 Å². The molecule has 1 aromatic carbocycles. The third-order valence-corrected chi connectivity index (χ3v) is 3.51. The summed E-state index contributed by atoms with van der Waals surface area (Å²) >= 11 is 0. The molecule has 0 spiro atoms. The Morgan fingerprint density at radius 2 is 2.42 bits per heavy atom. The van der Waals surface area contributed by atoms with Gasteiger partial charge in [-0.1, -0.05) is 0 Å². The van der Waals surface area contributed by atoms with Gasteiger partial charge in [0.2, 0.25) is 0 Å². The predicted molar refractivity (Wildman–Crippen MR) is 71.3 cm³/mol. The Bertz CT molecular complexity index is 563. The van der Waals surface area contributed by atoms with E-state index in [9.17, 15) is 4.39 Å². The molecule has 102 valence electrons. The molecule has 0 unspecified atom stereocenters. The van der Waals surface area contributed by atoms with Crippen molar-refractivity contribution in [1.29, 1.82) is 0 Å². The Kier molecular flexibility index (Phi) is 3.48. The van der Waals surface area contributed by atoms with Crippen LogP contribution in [-0.2, 0) is 11.3 Å². The molecule has 1 N–H and O–H groups in total. The fraction of sp³-hybridized carbons (Fsp3) is 0.500. The zero-order valence-corrected chi connectivity index (χ0v) is 11.0. The van der Waals surface area contributed by atoms with Crippen molar-refractivity contribution in [2.24, 2.45) is 5.92 Å². The molecule has 19 heavy (non-hydrogen) atoms. The van der Waals surface area contributed by atoms with Gasteiger partial charge in [-0.25, -0.2) is 9.37 Å². The Labute approximate surface area is 111 Å². The topological polar surface area (TPSA) is 41.2 Å². The first-order valence-electron chi connectivity index (χ1n) is 6.61. The number of benzene rings is 1. The lowest BCUT2D eigenvalue weighted by molar-refractivity contribution is 0.172. The zero-order chi connectivity index (χ0) is 13.2. The van der Waals surface area contributed by atoms with Gasteiger partial charge >= 0.3 is 0 Å². The van der Waals surface area contributed by atoms with E-state index in [2.05, 4.69) is 21.9 Å². The lowest BCUT2D eigenvalue weighted by atomic mass is 10.1. The maximum absolute atomic E-state index is 13.1. The fourth-order valence-corrected chi connectivity index (χ4v) is 2.60. The smallest absolute Gasteiger partial charge is 0.125 e. The van der Waals surface area contributed by atoms with Crippen LogP contribution in [0.25, 0.3) is 11.0 Å². The molecule has 0 amide bonds. The van der Waals surface area contributed by atoms with Gasteiger partial charge in [-0.2, -0.15) is 0 Å².